The van der Waals surface area contributed by atoms with E-state index in [4.69, 9.17) is 0 Å². The summed E-state index contributed by atoms with van der Waals surface area (Å²) in [6.07, 6.45) is 4.19. The van der Waals surface area contributed by atoms with Gasteiger partial charge in [0.05, 0.1) is 0 Å². The molecule has 0 fully saturated rings. The van der Waals surface area contributed by atoms with Crippen molar-refractivity contribution >= 4 is 10.9 Å². The molecule has 0 aliphatic heterocycles. The third-order valence-corrected chi connectivity index (χ3v) is 2.80. The average Bonchev–Trinajstić information content (AvgIpc) is 2.30. The van der Waals surface area contributed by atoms with Crippen LogP contribution in [0, 0.1) is 11.6 Å². The molecule has 1 nitrogen and oxygen atoms in total. The molecule has 90 valence electrons. The Morgan fingerprint density at radius 2 is 1.94 bits per heavy atom. The molecule has 2 rings (SSSR count). The number of pyridine rings is 1. The summed E-state index contributed by atoms with van der Waals surface area (Å²) in [7, 11) is 0. The number of nitrogens with zero attached hydrogens (tertiary/aromatic N) is 1. The molecule has 3 heteroatoms. The number of aromatic nitrogens is 1. The third-order valence-electron chi connectivity index (χ3n) is 2.80. The van der Waals surface area contributed by atoms with Crippen molar-refractivity contribution in [2.45, 2.75) is 32.6 Å². The molecule has 0 saturated carbocycles. The molecule has 0 N–H and O–H groups in total. The summed E-state index contributed by atoms with van der Waals surface area (Å²) in [6, 6.07) is 5.76. The fourth-order valence-electron chi connectivity index (χ4n) is 1.89. The molecule has 1 aromatic carbocycles. The molecule has 2 aromatic rings. The maximum Gasteiger partial charge on any atom is 0.152 e. The van der Waals surface area contributed by atoms with Gasteiger partial charge in [0.2, 0.25) is 0 Å². The van der Waals surface area contributed by atoms with E-state index in [9.17, 15) is 8.78 Å². The number of unbranched alkanes of at least 4 members (excludes halogenated alkanes) is 2. The number of halogens is 2. The monoisotopic (exact) mass is 235 g/mol. The van der Waals surface area contributed by atoms with Crippen molar-refractivity contribution < 1.29 is 8.78 Å². The van der Waals surface area contributed by atoms with Crippen LogP contribution in [0.25, 0.3) is 10.9 Å². The van der Waals surface area contributed by atoms with Gasteiger partial charge in [-0.1, -0.05) is 25.8 Å². The molecular formula is C14H15F2N. The second-order valence-corrected chi connectivity index (χ2v) is 4.22. The largest absolute Gasteiger partial charge is 0.250 e. The molecule has 0 saturated heterocycles. The first-order chi connectivity index (χ1) is 8.20. The van der Waals surface area contributed by atoms with Crippen LogP contribution in [0.15, 0.2) is 24.3 Å². The maximum atomic E-state index is 13.5. The second-order valence-electron chi connectivity index (χ2n) is 4.22. The van der Waals surface area contributed by atoms with E-state index < -0.39 is 11.6 Å². The zero-order valence-electron chi connectivity index (χ0n) is 9.84. The number of fused-ring (bicyclic) bond motifs is 1. The Hall–Kier alpha value is -1.51. The van der Waals surface area contributed by atoms with Crippen molar-refractivity contribution in [2.24, 2.45) is 0 Å². The minimum atomic E-state index is -0.586. The molecule has 0 atom stereocenters. The second kappa shape index (κ2) is 5.21. The van der Waals surface area contributed by atoms with E-state index in [0.717, 1.165) is 37.4 Å². The highest BCUT2D eigenvalue weighted by Gasteiger charge is 2.06. The summed E-state index contributed by atoms with van der Waals surface area (Å²) in [5.41, 5.74) is 1.14. The van der Waals surface area contributed by atoms with Gasteiger partial charge >= 0.3 is 0 Å². The van der Waals surface area contributed by atoms with Crippen LogP contribution < -0.4 is 0 Å². The highest BCUT2D eigenvalue weighted by molar-refractivity contribution is 5.79. The molecule has 17 heavy (non-hydrogen) atoms. The molecule has 0 unspecified atom stereocenters. The molecule has 0 aliphatic rings. The van der Waals surface area contributed by atoms with Crippen molar-refractivity contribution in [3.8, 4) is 0 Å². The Bertz CT molecular complexity index is 523. The van der Waals surface area contributed by atoms with Gasteiger partial charge < -0.3 is 0 Å². The molecule has 1 heterocycles. The molecule has 0 amide bonds. The van der Waals surface area contributed by atoms with Gasteiger partial charge in [-0.3, -0.25) is 0 Å². The molecular weight excluding hydrogens is 220 g/mol. The average molecular weight is 235 g/mol. The Morgan fingerprint density at radius 1 is 1.12 bits per heavy atom. The Labute approximate surface area is 99.5 Å². The van der Waals surface area contributed by atoms with E-state index in [0.29, 0.717) is 5.39 Å². The molecule has 1 aromatic heterocycles. The van der Waals surface area contributed by atoms with Crippen molar-refractivity contribution in [1.82, 2.24) is 4.98 Å². The van der Waals surface area contributed by atoms with E-state index in [1.54, 1.807) is 6.07 Å². The third kappa shape index (κ3) is 2.78. The van der Waals surface area contributed by atoms with Gasteiger partial charge in [0.25, 0.3) is 0 Å². The lowest BCUT2D eigenvalue weighted by atomic mass is 10.1. The van der Waals surface area contributed by atoms with Crippen LogP contribution in [0.5, 0.6) is 0 Å². The predicted octanol–water partition coefficient (Wildman–Crippen LogP) is 4.25. The van der Waals surface area contributed by atoms with E-state index in [-0.39, 0.29) is 5.52 Å². The van der Waals surface area contributed by atoms with Gasteiger partial charge in [0.15, 0.2) is 5.82 Å². The number of hydrogen-bond acceptors (Lipinski definition) is 1. The van der Waals surface area contributed by atoms with Crippen LogP contribution in [-0.2, 0) is 6.42 Å². The van der Waals surface area contributed by atoms with Gasteiger partial charge in [-0.2, -0.15) is 0 Å². The van der Waals surface area contributed by atoms with Crippen molar-refractivity contribution in [2.75, 3.05) is 0 Å². The SMILES string of the molecule is CCCCCc1ccc2cc(F)cc(F)c2n1. The minimum Gasteiger partial charge on any atom is -0.250 e. The number of rotatable bonds is 4. The highest BCUT2D eigenvalue weighted by Crippen LogP contribution is 2.18. The molecule has 0 bridgehead atoms. The van der Waals surface area contributed by atoms with E-state index in [2.05, 4.69) is 11.9 Å². The van der Waals surface area contributed by atoms with Crippen LogP contribution >= 0.6 is 0 Å². The van der Waals surface area contributed by atoms with Crippen LogP contribution in [0.4, 0.5) is 8.78 Å². The molecule has 0 radical (unpaired) electrons. The lowest BCUT2D eigenvalue weighted by Gasteiger charge is -2.04. The van der Waals surface area contributed by atoms with E-state index in [1.165, 1.54) is 6.07 Å². The number of benzene rings is 1. The summed E-state index contributed by atoms with van der Waals surface area (Å²) in [4.78, 5) is 4.25. The Kier molecular flexibility index (Phi) is 3.67. The normalized spacial score (nSPS) is 11.0. The van der Waals surface area contributed by atoms with Gasteiger partial charge in [-0.05, 0) is 25.0 Å². The standard InChI is InChI=1S/C14H15F2N/c1-2-3-4-5-12-7-6-10-8-11(15)9-13(16)14(10)17-12/h6-9H,2-5H2,1H3. The first-order valence-electron chi connectivity index (χ1n) is 5.95. The quantitative estimate of drug-likeness (QED) is 0.722. The van der Waals surface area contributed by atoms with Crippen LogP contribution in [-0.4, -0.2) is 4.98 Å². The number of hydrogen-bond donors (Lipinski definition) is 0. The summed E-state index contributed by atoms with van der Waals surface area (Å²) in [5.74, 6) is -1.15. The lowest BCUT2D eigenvalue weighted by Crippen LogP contribution is -1.94. The van der Waals surface area contributed by atoms with Gasteiger partial charge in [-0.15, -0.1) is 0 Å². The topological polar surface area (TPSA) is 12.9 Å². The smallest absolute Gasteiger partial charge is 0.152 e. The minimum absolute atomic E-state index is 0.264. The fourth-order valence-corrected chi connectivity index (χ4v) is 1.89. The van der Waals surface area contributed by atoms with Gasteiger partial charge in [0, 0.05) is 17.1 Å². The number of aryl methyl sites for hydroxylation is 1. The fraction of sp³-hybridized carbons (Fsp3) is 0.357. The van der Waals surface area contributed by atoms with Crippen LogP contribution in [0.2, 0.25) is 0 Å². The molecule has 0 spiro atoms. The van der Waals surface area contributed by atoms with Gasteiger partial charge in [0.1, 0.15) is 11.3 Å². The van der Waals surface area contributed by atoms with Crippen molar-refractivity contribution in [1.29, 1.82) is 0 Å². The summed E-state index contributed by atoms with van der Waals surface area (Å²) in [6.45, 7) is 2.14. The maximum absolute atomic E-state index is 13.5. The zero-order chi connectivity index (χ0) is 12.3. The highest BCUT2D eigenvalue weighted by atomic mass is 19.1. The predicted molar refractivity (Wildman–Crippen MR) is 64.9 cm³/mol. The zero-order valence-corrected chi connectivity index (χ0v) is 9.84. The Balaban J connectivity index is 2.30. The van der Waals surface area contributed by atoms with E-state index >= 15 is 0 Å². The van der Waals surface area contributed by atoms with Crippen LogP contribution in [0.1, 0.15) is 31.9 Å². The first kappa shape index (κ1) is 12.0. The summed E-state index contributed by atoms with van der Waals surface area (Å²) >= 11 is 0. The summed E-state index contributed by atoms with van der Waals surface area (Å²) < 4.78 is 26.5. The van der Waals surface area contributed by atoms with Crippen molar-refractivity contribution in [3.63, 3.8) is 0 Å². The van der Waals surface area contributed by atoms with E-state index in [1.807, 2.05) is 6.07 Å². The van der Waals surface area contributed by atoms with Gasteiger partial charge in [-0.25, -0.2) is 13.8 Å². The van der Waals surface area contributed by atoms with Crippen LogP contribution in [0.3, 0.4) is 0 Å². The lowest BCUT2D eigenvalue weighted by molar-refractivity contribution is 0.590. The summed E-state index contributed by atoms with van der Waals surface area (Å²) in [5, 5.41) is 0.516. The Morgan fingerprint density at radius 3 is 2.71 bits per heavy atom. The first-order valence-corrected chi connectivity index (χ1v) is 5.95. The van der Waals surface area contributed by atoms with Crippen molar-refractivity contribution in [3.05, 3.63) is 41.6 Å². The molecule has 0 aliphatic carbocycles.